The lowest BCUT2D eigenvalue weighted by Crippen LogP contribution is -2.32. The zero-order valence-corrected chi connectivity index (χ0v) is 10.8. The van der Waals surface area contributed by atoms with Crippen LogP contribution in [0.3, 0.4) is 0 Å². The van der Waals surface area contributed by atoms with E-state index in [1.807, 2.05) is 24.3 Å². The summed E-state index contributed by atoms with van der Waals surface area (Å²) in [5.74, 6) is 0. The summed E-state index contributed by atoms with van der Waals surface area (Å²) in [5, 5.41) is 9.89. The Bertz CT molecular complexity index is 457. The van der Waals surface area contributed by atoms with E-state index < -0.39 is 0 Å². The number of hydrogen-bond acceptors (Lipinski definition) is 1. The Kier molecular flexibility index (Phi) is 4.16. The Morgan fingerprint density at radius 2 is 1.44 bits per heavy atom. The molecular weight excluding hydrogens is 220 g/mol. The van der Waals surface area contributed by atoms with E-state index in [2.05, 4.69) is 43.3 Å². The first-order chi connectivity index (χ1) is 8.80. The SMILES string of the molecule is CCC(CO)(Cc1ccccc1)c1ccccc1. The van der Waals surface area contributed by atoms with Gasteiger partial charge in [0, 0.05) is 5.41 Å². The molecule has 2 aromatic carbocycles. The summed E-state index contributed by atoms with van der Waals surface area (Å²) >= 11 is 0. The average Bonchev–Trinajstić information content (AvgIpc) is 2.47. The van der Waals surface area contributed by atoms with Gasteiger partial charge in [-0.25, -0.2) is 0 Å². The van der Waals surface area contributed by atoms with Crippen molar-refractivity contribution in [2.75, 3.05) is 6.61 Å². The van der Waals surface area contributed by atoms with Crippen molar-refractivity contribution < 1.29 is 5.11 Å². The summed E-state index contributed by atoms with van der Waals surface area (Å²) in [5.41, 5.74) is 2.33. The largest absolute Gasteiger partial charge is 0.395 e. The molecule has 1 nitrogen and oxygen atoms in total. The van der Waals surface area contributed by atoms with E-state index in [1.54, 1.807) is 0 Å². The van der Waals surface area contributed by atoms with Gasteiger partial charge in [-0.3, -0.25) is 0 Å². The Balaban J connectivity index is 2.33. The van der Waals surface area contributed by atoms with Crippen molar-refractivity contribution in [2.45, 2.75) is 25.2 Å². The molecule has 1 unspecified atom stereocenters. The van der Waals surface area contributed by atoms with Crippen molar-refractivity contribution in [2.24, 2.45) is 0 Å². The molecule has 1 atom stereocenters. The molecule has 0 aromatic heterocycles. The summed E-state index contributed by atoms with van der Waals surface area (Å²) < 4.78 is 0. The van der Waals surface area contributed by atoms with Gasteiger partial charge in [-0.1, -0.05) is 67.6 Å². The van der Waals surface area contributed by atoms with Crippen LogP contribution in [-0.2, 0) is 11.8 Å². The highest BCUT2D eigenvalue weighted by molar-refractivity contribution is 5.29. The molecule has 0 radical (unpaired) electrons. The van der Waals surface area contributed by atoms with E-state index in [0.717, 1.165) is 12.8 Å². The first-order valence-corrected chi connectivity index (χ1v) is 6.51. The third-order valence-corrected chi connectivity index (χ3v) is 3.75. The molecule has 0 fully saturated rings. The van der Waals surface area contributed by atoms with E-state index >= 15 is 0 Å². The van der Waals surface area contributed by atoms with Gasteiger partial charge in [0.25, 0.3) is 0 Å². The van der Waals surface area contributed by atoms with E-state index in [4.69, 9.17) is 0 Å². The molecule has 0 aliphatic carbocycles. The molecule has 1 heteroatoms. The summed E-state index contributed by atoms with van der Waals surface area (Å²) in [7, 11) is 0. The lowest BCUT2D eigenvalue weighted by atomic mass is 9.74. The zero-order valence-electron chi connectivity index (χ0n) is 10.8. The Hall–Kier alpha value is -1.60. The smallest absolute Gasteiger partial charge is 0.0531 e. The van der Waals surface area contributed by atoms with Crippen molar-refractivity contribution in [3.63, 3.8) is 0 Å². The Morgan fingerprint density at radius 3 is 1.94 bits per heavy atom. The topological polar surface area (TPSA) is 20.2 Å². The lowest BCUT2D eigenvalue weighted by Gasteiger charge is -2.31. The normalized spacial score (nSPS) is 14.1. The molecule has 18 heavy (non-hydrogen) atoms. The highest BCUT2D eigenvalue weighted by atomic mass is 16.3. The summed E-state index contributed by atoms with van der Waals surface area (Å²) in [4.78, 5) is 0. The molecule has 0 spiro atoms. The van der Waals surface area contributed by atoms with Crippen LogP contribution in [0.25, 0.3) is 0 Å². The minimum Gasteiger partial charge on any atom is -0.395 e. The molecule has 2 aromatic rings. The van der Waals surface area contributed by atoms with Crippen molar-refractivity contribution in [1.29, 1.82) is 0 Å². The van der Waals surface area contributed by atoms with Crippen LogP contribution < -0.4 is 0 Å². The Labute approximate surface area is 109 Å². The van der Waals surface area contributed by atoms with Gasteiger partial charge >= 0.3 is 0 Å². The van der Waals surface area contributed by atoms with Gasteiger partial charge in [-0.2, -0.15) is 0 Å². The zero-order chi connectivity index (χ0) is 12.8. The van der Waals surface area contributed by atoms with Crippen LogP contribution >= 0.6 is 0 Å². The molecular formula is C17H20O. The third kappa shape index (κ3) is 2.62. The first kappa shape index (κ1) is 12.8. The second kappa shape index (κ2) is 5.83. The molecule has 0 aliphatic heterocycles. The fourth-order valence-electron chi connectivity index (χ4n) is 2.47. The summed E-state index contributed by atoms with van der Waals surface area (Å²) in [6, 6.07) is 20.7. The van der Waals surface area contributed by atoms with Gasteiger partial charge in [0.15, 0.2) is 0 Å². The van der Waals surface area contributed by atoms with Gasteiger partial charge < -0.3 is 5.11 Å². The van der Waals surface area contributed by atoms with E-state index in [0.29, 0.717) is 0 Å². The highest BCUT2D eigenvalue weighted by Crippen LogP contribution is 2.31. The first-order valence-electron chi connectivity index (χ1n) is 6.51. The van der Waals surface area contributed by atoms with Crippen molar-refractivity contribution in [1.82, 2.24) is 0 Å². The highest BCUT2D eigenvalue weighted by Gasteiger charge is 2.29. The van der Waals surface area contributed by atoms with E-state index in [-0.39, 0.29) is 12.0 Å². The second-order valence-electron chi connectivity index (χ2n) is 4.82. The number of hydrogen-bond donors (Lipinski definition) is 1. The predicted octanol–water partition coefficient (Wildman–Crippen LogP) is 3.57. The van der Waals surface area contributed by atoms with Gasteiger partial charge in [0.1, 0.15) is 0 Å². The number of aliphatic hydroxyl groups excluding tert-OH is 1. The predicted molar refractivity (Wildman–Crippen MR) is 75.6 cm³/mol. The molecule has 1 N–H and O–H groups in total. The number of benzene rings is 2. The molecule has 2 rings (SSSR count). The summed E-state index contributed by atoms with van der Waals surface area (Å²) in [6.07, 6.45) is 1.81. The maximum atomic E-state index is 9.89. The number of aliphatic hydroxyl groups is 1. The van der Waals surface area contributed by atoms with Crippen LogP contribution in [-0.4, -0.2) is 11.7 Å². The van der Waals surface area contributed by atoms with Crippen LogP contribution in [0.2, 0.25) is 0 Å². The van der Waals surface area contributed by atoms with Crippen molar-refractivity contribution in [3.8, 4) is 0 Å². The van der Waals surface area contributed by atoms with Gasteiger partial charge in [-0.05, 0) is 24.0 Å². The second-order valence-corrected chi connectivity index (χ2v) is 4.82. The van der Waals surface area contributed by atoms with Crippen LogP contribution in [0, 0.1) is 0 Å². The molecule has 0 amide bonds. The minimum absolute atomic E-state index is 0.164. The fourth-order valence-corrected chi connectivity index (χ4v) is 2.47. The van der Waals surface area contributed by atoms with E-state index in [9.17, 15) is 5.11 Å². The van der Waals surface area contributed by atoms with Crippen LogP contribution in [0.4, 0.5) is 0 Å². The standard InChI is InChI=1S/C17H20O/c1-2-17(14-18,16-11-7-4-8-12-16)13-15-9-5-3-6-10-15/h3-12,18H,2,13-14H2,1H3. The molecule has 0 heterocycles. The molecule has 94 valence electrons. The maximum absolute atomic E-state index is 9.89. The summed E-state index contributed by atoms with van der Waals surface area (Å²) in [6.45, 7) is 2.33. The average molecular weight is 240 g/mol. The van der Waals surface area contributed by atoms with Gasteiger partial charge in [0.2, 0.25) is 0 Å². The Morgan fingerprint density at radius 1 is 0.889 bits per heavy atom. The molecule has 0 bridgehead atoms. The monoisotopic (exact) mass is 240 g/mol. The van der Waals surface area contributed by atoms with Gasteiger partial charge in [-0.15, -0.1) is 0 Å². The van der Waals surface area contributed by atoms with Crippen molar-refractivity contribution >= 4 is 0 Å². The molecule has 0 aliphatic rings. The molecule has 0 saturated carbocycles. The van der Waals surface area contributed by atoms with Crippen molar-refractivity contribution in [3.05, 3.63) is 71.8 Å². The van der Waals surface area contributed by atoms with Gasteiger partial charge in [0.05, 0.1) is 6.61 Å². The number of rotatable bonds is 5. The quantitative estimate of drug-likeness (QED) is 0.847. The minimum atomic E-state index is -0.164. The lowest BCUT2D eigenvalue weighted by molar-refractivity contribution is 0.186. The molecule has 0 saturated heterocycles. The third-order valence-electron chi connectivity index (χ3n) is 3.75. The van der Waals surface area contributed by atoms with Crippen LogP contribution in [0.1, 0.15) is 24.5 Å². The maximum Gasteiger partial charge on any atom is 0.0531 e. The van der Waals surface area contributed by atoms with Crippen LogP contribution in [0.15, 0.2) is 60.7 Å². The van der Waals surface area contributed by atoms with E-state index in [1.165, 1.54) is 11.1 Å². The van der Waals surface area contributed by atoms with Crippen LogP contribution in [0.5, 0.6) is 0 Å². The fraction of sp³-hybridized carbons (Fsp3) is 0.294.